The van der Waals surface area contributed by atoms with Gasteiger partial charge in [0.1, 0.15) is 12.4 Å². The highest BCUT2D eigenvalue weighted by atomic mass is 16.5. The second-order valence-corrected chi connectivity index (χ2v) is 8.33. The van der Waals surface area contributed by atoms with Crippen LogP contribution in [0.25, 0.3) is 0 Å². The first kappa shape index (κ1) is 24.5. The van der Waals surface area contributed by atoms with E-state index in [2.05, 4.69) is 5.32 Å². The fraction of sp³-hybridized carbons (Fsp3) is 0.222. The van der Waals surface area contributed by atoms with Crippen LogP contribution in [0.4, 0.5) is 5.69 Å². The summed E-state index contributed by atoms with van der Waals surface area (Å²) in [6.45, 7) is 5.97. The van der Waals surface area contributed by atoms with Gasteiger partial charge in [0, 0.05) is 18.3 Å². The van der Waals surface area contributed by atoms with Gasteiger partial charge in [-0.1, -0.05) is 42.0 Å². The molecule has 0 atom stereocenters. The van der Waals surface area contributed by atoms with Crippen molar-refractivity contribution in [2.24, 2.45) is 5.73 Å². The van der Waals surface area contributed by atoms with Crippen molar-refractivity contribution in [3.8, 4) is 5.75 Å². The van der Waals surface area contributed by atoms with E-state index in [9.17, 15) is 14.4 Å². The molecule has 3 aromatic carbocycles. The van der Waals surface area contributed by atoms with Crippen LogP contribution in [0.1, 0.15) is 43.0 Å². The Morgan fingerprint density at radius 3 is 2.29 bits per heavy atom. The van der Waals surface area contributed by atoms with Crippen LogP contribution in [0, 0.1) is 20.8 Å². The number of rotatable bonds is 8. The number of anilines is 1. The van der Waals surface area contributed by atoms with E-state index in [1.54, 1.807) is 49.5 Å². The molecule has 0 radical (unpaired) electrons. The smallest absolute Gasteiger partial charge is 0.254 e. The number of nitrogens with two attached hydrogens (primary N) is 1. The van der Waals surface area contributed by atoms with Gasteiger partial charge in [-0.25, -0.2) is 0 Å². The van der Waals surface area contributed by atoms with Crippen LogP contribution < -0.4 is 15.8 Å². The molecule has 0 bridgehead atoms. The molecule has 0 fully saturated rings. The Kier molecular flexibility index (Phi) is 7.68. The lowest BCUT2D eigenvalue weighted by Crippen LogP contribution is -2.35. The number of primary amides is 1. The average molecular weight is 460 g/mol. The van der Waals surface area contributed by atoms with Crippen molar-refractivity contribution in [1.29, 1.82) is 0 Å². The molecule has 7 nitrogen and oxygen atoms in total. The number of ether oxygens (including phenoxy) is 1. The quantitative estimate of drug-likeness (QED) is 0.532. The lowest BCUT2D eigenvalue weighted by molar-refractivity contribution is -0.116. The molecule has 3 rings (SSSR count). The molecule has 3 aromatic rings. The molecule has 0 saturated carbocycles. The molecule has 0 saturated heterocycles. The van der Waals surface area contributed by atoms with Crippen LogP contribution in [0.2, 0.25) is 0 Å². The Morgan fingerprint density at radius 1 is 0.941 bits per heavy atom. The molecule has 3 amide bonds. The topological polar surface area (TPSA) is 102 Å². The fourth-order valence-electron chi connectivity index (χ4n) is 3.82. The van der Waals surface area contributed by atoms with E-state index in [0.29, 0.717) is 16.9 Å². The Labute approximate surface area is 199 Å². The van der Waals surface area contributed by atoms with Crippen molar-refractivity contribution >= 4 is 23.4 Å². The minimum absolute atomic E-state index is 0.0850. The molecule has 0 heterocycles. The molecule has 3 N–H and O–H groups in total. The normalized spacial score (nSPS) is 10.5. The highest BCUT2D eigenvalue weighted by molar-refractivity contribution is 6.00. The van der Waals surface area contributed by atoms with E-state index >= 15 is 0 Å². The number of carbonyl (C=O) groups is 3. The van der Waals surface area contributed by atoms with E-state index < -0.39 is 5.91 Å². The number of hydrogen-bond acceptors (Lipinski definition) is 4. The van der Waals surface area contributed by atoms with Crippen LogP contribution in [-0.2, 0) is 11.4 Å². The third-order valence-electron chi connectivity index (χ3n) is 5.39. The summed E-state index contributed by atoms with van der Waals surface area (Å²) in [6.07, 6.45) is 0. The highest BCUT2D eigenvalue weighted by Gasteiger charge is 2.17. The summed E-state index contributed by atoms with van der Waals surface area (Å²) in [7, 11) is 1.59. The SMILES string of the molecule is Cc1cc(C)c(NC(=O)CN(C)C(=O)c2cccc(COc3ccccc3C(N)=O)c2)c(C)c1. The maximum Gasteiger partial charge on any atom is 0.254 e. The number of aryl methyl sites for hydroxylation is 3. The van der Waals surface area contributed by atoms with Crippen LogP contribution in [0.15, 0.2) is 60.7 Å². The molecule has 0 aliphatic rings. The summed E-state index contributed by atoms with van der Waals surface area (Å²) in [5.41, 5.74) is 10.7. The number of carbonyl (C=O) groups excluding carboxylic acids is 3. The first-order chi connectivity index (χ1) is 16.2. The summed E-state index contributed by atoms with van der Waals surface area (Å²) in [4.78, 5) is 38.5. The number of amides is 3. The van der Waals surface area contributed by atoms with Crippen LogP contribution >= 0.6 is 0 Å². The van der Waals surface area contributed by atoms with Gasteiger partial charge < -0.3 is 20.7 Å². The maximum absolute atomic E-state index is 12.9. The van der Waals surface area contributed by atoms with Gasteiger partial charge in [-0.2, -0.15) is 0 Å². The molecule has 7 heteroatoms. The first-order valence-electron chi connectivity index (χ1n) is 10.9. The van der Waals surface area contributed by atoms with Gasteiger partial charge in [0.05, 0.1) is 12.1 Å². The summed E-state index contributed by atoms with van der Waals surface area (Å²) < 4.78 is 5.75. The molecule has 34 heavy (non-hydrogen) atoms. The van der Waals surface area contributed by atoms with Gasteiger partial charge in [-0.3, -0.25) is 14.4 Å². The van der Waals surface area contributed by atoms with E-state index in [0.717, 1.165) is 27.9 Å². The Hall–Kier alpha value is -4.13. The summed E-state index contributed by atoms with van der Waals surface area (Å²) in [6, 6.07) is 17.7. The van der Waals surface area contributed by atoms with Crippen molar-refractivity contribution in [1.82, 2.24) is 4.90 Å². The molecule has 0 aliphatic heterocycles. The molecular formula is C27H29N3O4. The number of benzene rings is 3. The molecular weight excluding hydrogens is 430 g/mol. The largest absolute Gasteiger partial charge is 0.488 e. The highest BCUT2D eigenvalue weighted by Crippen LogP contribution is 2.22. The lowest BCUT2D eigenvalue weighted by atomic mass is 10.1. The Morgan fingerprint density at radius 2 is 1.62 bits per heavy atom. The molecule has 0 aliphatic carbocycles. The zero-order chi connectivity index (χ0) is 24.8. The Bertz CT molecular complexity index is 1210. The molecule has 0 unspecified atom stereocenters. The Balaban J connectivity index is 1.64. The van der Waals surface area contributed by atoms with E-state index in [4.69, 9.17) is 10.5 Å². The van der Waals surface area contributed by atoms with E-state index in [1.165, 1.54) is 4.90 Å². The maximum atomic E-state index is 12.9. The van der Waals surface area contributed by atoms with Crippen molar-refractivity contribution in [2.75, 3.05) is 18.9 Å². The van der Waals surface area contributed by atoms with Gasteiger partial charge in [-0.15, -0.1) is 0 Å². The second kappa shape index (κ2) is 10.7. The van der Waals surface area contributed by atoms with Crippen molar-refractivity contribution < 1.29 is 19.1 Å². The standard InChI is InChI=1S/C27H29N3O4/c1-17-12-18(2)25(19(3)13-17)29-24(31)15-30(4)27(33)21-9-7-8-20(14-21)16-34-23-11-6-5-10-22(23)26(28)32/h5-14H,15-16H2,1-4H3,(H2,28,32)(H,29,31). The van der Waals surface area contributed by atoms with Crippen LogP contribution in [-0.4, -0.2) is 36.2 Å². The van der Waals surface area contributed by atoms with Crippen LogP contribution in [0.3, 0.4) is 0 Å². The molecule has 176 valence electrons. The van der Waals surface area contributed by atoms with Crippen molar-refractivity contribution in [3.63, 3.8) is 0 Å². The van der Waals surface area contributed by atoms with Crippen molar-refractivity contribution in [3.05, 3.63) is 94.0 Å². The number of hydrogen-bond donors (Lipinski definition) is 2. The minimum atomic E-state index is -0.574. The monoisotopic (exact) mass is 459 g/mol. The van der Waals surface area contributed by atoms with Gasteiger partial charge in [0.2, 0.25) is 5.91 Å². The first-order valence-corrected chi connectivity index (χ1v) is 10.9. The van der Waals surface area contributed by atoms with Gasteiger partial charge in [0.25, 0.3) is 11.8 Å². The number of para-hydroxylation sites is 1. The number of likely N-dealkylation sites (N-methyl/N-ethyl adjacent to an activating group) is 1. The van der Waals surface area contributed by atoms with E-state index in [-0.39, 0.29) is 25.0 Å². The second-order valence-electron chi connectivity index (χ2n) is 8.33. The van der Waals surface area contributed by atoms with Crippen molar-refractivity contribution in [2.45, 2.75) is 27.4 Å². The summed E-state index contributed by atoms with van der Waals surface area (Å²) in [5, 5.41) is 2.92. The predicted octanol–water partition coefficient (Wildman–Crippen LogP) is 4.00. The summed E-state index contributed by atoms with van der Waals surface area (Å²) >= 11 is 0. The third-order valence-corrected chi connectivity index (χ3v) is 5.39. The minimum Gasteiger partial charge on any atom is -0.488 e. The molecule has 0 aromatic heterocycles. The van der Waals surface area contributed by atoms with Gasteiger partial charge in [-0.05, 0) is 61.7 Å². The third kappa shape index (κ3) is 6.01. The van der Waals surface area contributed by atoms with Crippen LogP contribution in [0.5, 0.6) is 5.75 Å². The van der Waals surface area contributed by atoms with Gasteiger partial charge in [0.15, 0.2) is 0 Å². The number of nitrogens with one attached hydrogen (secondary N) is 1. The molecule has 0 spiro atoms. The zero-order valence-electron chi connectivity index (χ0n) is 19.8. The van der Waals surface area contributed by atoms with Gasteiger partial charge >= 0.3 is 0 Å². The lowest BCUT2D eigenvalue weighted by Gasteiger charge is -2.19. The fourth-order valence-corrected chi connectivity index (χ4v) is 3.82. The van der Waals surface area contributed by atoms with E-state index in [1.807, 2.05) is 39.0 Å². The average Bonchev–Trinajstić information content (AvgIpc) is 2.79. The zero-order valence-corrected chi connectivity index (χ0v) is 19.8. The number of nitrogens with zero attached hydrogens (tertiary/aromatic N) is 1. The summed E-state index contributed by atoms with van der Waals surface area (Å²) in [5.74, 6) is -0.752. The predicted molar refractivity (Wildman–Crippen MR) is 132 cm³/mol.